The summed E-state index contributed by atoms with van der Waals surface area (Å²) in [7, 11) is 0. The van der Waals surface area contributed by atoms with E-state index in [2.05, 4.69) is 305 Å². The zero-order valence-corrected chi connectivity index (χ0v) is 67.1. The average Bonchev–Trinajstić information content (AvgIpc) is 1.59. The molecule has 23 rings (SSSR count). The van der Waals surface area contributed by atoms with Crippen LogP contribution in [0.25, 0.3) is 175 Å². The number of halogens is 1. The van der Waals surface area contributed by atoms with Gasteiger partial charge in [0.2, 0.25) is 0 Å². The summed E-state index contributed by atoms with van der Waals surface area (Å²) in [4.78, 5) is 20.2. The molecule has 7 heterocycles. The second-order valence-electron chi connectivity index (χ2n) is 31.5. The van der Waals surface area contributed by atoms with Crippen molar-refractivity contribution < 1.29 is 18.8 Å². The number of fused-ring (bicyclic) bond motifs is 18. The molecule has 2 atom stereocenters. The van der Waals surface area contributed by atoms with Gasteiger partial charge in [-0.3, -0.25) is 0 Å². The summed E-state index contributed by atoms with van der Waals surface area (Å²) >= 11 is 3.49. The zero-order chi connectivity index (χ0) is 81.2. The minimum Gasteiger partial charge on any atom is -0.485 e. The molecule has 120 heavy (non-hydrogen) atoms. The van der Waals surface area contributed by atoms with Gasteiger partial charge < -0.3 is 27.4 Å². The lowest BCUT2D eigenvalue weighted by Gasteiger charge is -2.26. The van der Waals surface area contributed by atoms with Crippen LogP contribution in [-0.2, 0) is 9.68 Å². The number of rotatable bonds is 8. The Morgan fingerprint density at radius 1 is 0.367 bits per heavy atom. The smallest absolute Gasteiger partial charge is 0.195 e. The van der Waals surface area contributed by atoms with Gasteiger partial charge in [0.1, 0.15) is 40.3 Å². The van der Waals surface area contributed by atoms with Crippen molar-refractivity contribution in [3.8, 4) is 74.0 Å². The highest BCUT2D eigenvalue weighted by atomic mass is 79.9. The van der Waals surface area contributed by atoms with Crippen LogP contribution in [0.15, 0.2) is 354 Å². The van der Waals surface area contributed by atoms with Crippen molar-refractivity contribution in [1.82, 2.24) is 23.5 Å². The van der Waals surface area contributed by atoms with Gasteiger partial charge in [-0.25, -0.2) is 19.4 Å². The predicted octanol–water partition coefficient (Wildman–Crippen LogP) is 28.0. The van der Waals surface area contributed by atoms with E-state index in [0.717, 1.165) is 133 Å². The summed E-state index contributed by atoms with van der Waals surface area (Å²) in [6.45, 7) is 24.2. The molecule has 13 nitrogen and oxygen atoms in total. The Bertz CT molecular complexity index is 7510. The molecule has 14 heteroatoms. The number of allylic oxidation sites excluding steroid dienone is 1. The van der Waals surface area contributed by atoms with E-state index >= 15 is 0 Å². The van der Waals surface area contributed by atoms with E-state index in [4.69, 9.17) is 37.2 Å². The predicted molar refractivity (Wildman–Crippen MR) is 486 cm³/mol. The molecule has 5 aromatic heterocycles. The van der Waals surface area contributed by atoms with Gasteiger partial charge >= 0.3 is 0 Å². The van der Waals surface area contributed by atoms with E-state index in [1.807, 2.05) is 119 Å². The third kappa shape index (κ3) is 11.8. The number of hydroxylamine groups is 2. The van der Waals surface area contributed by atoms with Crippen molar-refractivity contribution in [1.29, 1.82) is 10.5 Å². The molecule has 15 aromatic carbocycles. The molecule has 0 bridgehead atoms. The summed E-state index contributed by atoms with van der Waals surface area (Å²) in [5, 5.41) is 32.5. The number of ether oxygens (including phenoxy) is 1. The Hall–Kier alpha value is -15.3. The summed E-state index contributed by atoms with van der Waals surface area (Å²) < 4.78 is 22.6. The number of hydrogen-bond acceptors (Lipinski definition) is 7. The van der Waals surface area contributed by atoms with Crippen LogP contribution >= 0.6 is 15.9 Å². The molecule has 2 aliphatic heterocycles. The Morgan fingerprint density at radius 3 is 1.09 bits per heavy atom. The molecule has 0 amide bonds. The van der Waals surface area contributed by atoms with Gasteiger partial charge in [-0.05, 0) is 235 Å². The molecule has 3 aliphatic rings. The van der Waals surface area contributed by atoms with Gasteiger partial charge in [0.15, 0.2) is 11.4 Å². The molecule has 0 N–H and O–H groups in total. The monoisotopic (exact) mass is 1610 g/mol. The van der Waals surface area contributed by atoms with Gasteiger partial charge in [0, 0.05) is 98.1 Å². The third-order valence-electron chi connectivity index (χ3n) is 24.2. The fraction of sp³-hybridized carbons (Fsp3) is 0.0755. The van der Waals surface area contributed by atoms with Crippen molar-refractivity contribution in [3.05, 3.63) is 389 Å². The minimum atomic E-state index is -0.479. The van der Waals surface area contributed by atoms with E-state index in [1.165, 1.54) is 54.1 Å². The molecule has 2 unspecified atom stereocenters. The molecule has 1 saturated heterocycles. The van der Waals surface area contributed by atoms with Crippen LogP contribution < -0.4 is 4.74 Å². The SMILES string of the molecule is N#Cc1ccc(-n2c3ccccc3c3ccccc32)cc1Br.[C-]#[N+]c1ccc(-n2c3ccccc3c3ccccc32)cc1-c1ccc2c(c1)C1C=C(N3OC(C)(C)C(C)(C)O3)C=CC1O2.[C-]#[N+]c1ccc(-n2c3ccccc3c3ccccc32)cc1-c1ccc2oc3ccc(-c4cc(-n5c6ccccc6c6ccccc65)ccc4C#N)cc3c2c1. The topological polar surface area (TPSA) is 120 Å². The van der Waals surface area contributed by atoms with Crippen molar-refractivity contribution in [3.63, 3.8) is 0 Å². The van der Waals surface area contributed by atoms with Crippen molar-refractivity contribution in [2.24, 2.45) is 0 Å². The van der Waals surface area contributed by atoms with Crippen molar-refractivity contribution in [2.45, 2.75) is 50.9 Å². The van der Waals surface area contributed by atoms with Crippen LogP contribution in [-0.4, -0.2) is 40.8 Å². The van der Waals surface area contributed by atoms with Crippen molar-refractivity contribution in [2.75, 3.05) is 0 Å². The fourth-order valence-electron chi connectivity index (χ4n) is 17.8. The summed E-state index contributed by atoms with van der Waals surface area (Å²) in [6, 6.07) is 115. The standard InChI is InChI=1S/C50H28N4O.C37H31N3O3.C19H11BrN2/c1-52-44-23-22-35(54-47-16-8-4-12-38(47)39-13-5-9-17-48(39)54)29-41(44)32-20-25-50-43(27-32)42-26-31(19-24-49(42)55-50)40-28-34(21-18-33(40)30-51)53-45-14-6-2-10-36(45)37-11-3-7-15-46(37)53;1-36(2)37(3,4)43-40(42-36)25-16-19-35-30(22-25)29-20-23(14-18-34(29)41-35)28-21-24(15-17-31(28)38-5)39-32-12-8-6-10-26(32)27-11-7-9-13-33(27)39;20-17-11-14(10-9-13(17)12-21)22-18-7-3-1-5-15(18)16-6-2-4-8-19(16)22/h2-29H;6-22,30,35H,1-4H3;1-11H. The van der Waals surface area contributed by atoms with Crippen LogP contribution in [0.3, 0.4) is 0 Å². The largest absolute Gasteiger partial charge is 0.485 e. The molecule has 1 aliphatic carbocycles. The van der Waals surface area contributed by atoms with E-state index < -0.39 is 11.2 Å². The van der Waals surface area contributed by atoms with Gasteiger partial charge in [-0.2, -0.15) is 10.5 Å². The highest BCUT2D eigenvalue weighted by molar-refractivity contribution is 9.10. The maximum atomic E-state index is 10.3. The highest BCUT2D eigenvalue weighted by Gasteiger charge is 2.51. The lowest BCUT2D eigenvalue weighted by molar-refractivity contribution is -0.300. The summed E-state index contributed by atoms with van der Waals surface area (Å²) in [5.41, 5.74) is 23.5. The minimum absolute atomic E-state index is 0.00844. The van der Waals surface area contributed by atoms with Crippen molar-refractivity contribution >= 4 is 136 Å². The Balaban J connectivity index is 0.000000121. The van der Waals surface area contributed by atoms with Crippen LogP contribution in [0.5, 0.6) is 5.75 Å². The molecule has 570 valence electrons. The van der Waals surface area contributed by atoms with E-state index in [-0.39, 0.29) is 12.0 Å². The molecule has 1 fully saturated rings. The number of hydrogen-bond donors (Lipinski definition) is 0. The zero-order valence-electron chi connectivity index (χ0n) is 65.5. The maximum Gasteiger partial charge on any atom is 0.195 e. The normalized spacial score (nSPS) is 15.0. The van der Waals surface area contributed by atoms with Crippen LogP contribution in [0.4, 0.5) is 11.4 Å². The third-order valence-corrected chi connectivity index (χ3v) is 24.9. The number of para-hydroxylation sites is 8. The first-order chi connectivity index (χ1) is 58.7. The number of benzene rings is 15. The Kier molecular flexibility index (Phi) is 17.3. The second kappa shape index (κ2) is 28.6. The molecule has 0 radical (unpaired) electrons. The van der Waals surface area contributed by atoms with E-state index in [9.17, 15) is 5.26 Å². The molecule has 0 spiro atoms. The fourth-order valence-corrected chi connectivity index (χ4v) is 18.2. The van der Waals surface area contributed by atoms with Crippen LogP contribution in [0.2, 0.25) is 0 Å². The summed E-state index contributed by atoms with van der Waals surface area (Å²) in [5.74, 6) is 0.846. The van der Waals surface area contributed by atoms with Crippen LogP contribution in [0.1, 0.15) is 50.3 Å². The molecule has 20 aromatic rings. The van der Waals surface area contributed by atoms with Gasteiger partial charge in [-0.1, -0.05) is 176 Å². The maximum absolute atomic E-state index is 10.3. The summed E-state index contributed by atoms with van der Waals surface area (Å²) in [6.07, 6.45) is 6.11. The lowest BCUT2D eigenvalue weighted by atomic mass is 9.89. The average molecular weight is 1610 g/mol. The Morgan fingerprint density at radius 2 is 0.708 bits per heavy atom. The number of furan rings is 1. The van der Waals surface area contributed by atoms with E-state index in [1.54, 1.807) is 5.23 Å². The first-order valence-corrected chi connectivity index (χ1v) is 40.6. The highest BCUT2D eigenvalue weighted by Crippen LogP contribution is 2.50. The van der Waals surface area contributed by atoms with E-state index in [0.29, 0.717) is 22.5 Å². The van der Waals surface area contributed by atoms with Gasteiger partial charge in [0.25, 0.3) is 0 Å². The number of nitriles is 2. The van der Waals surface area contributed by atoms with Crippen LogP contribution in [0, 0.1) is 35.8 Å². The number of aromatic nitrogens is 4. The number of nitrogens with zero attached hydrogens (tertiary/aromatic N) is 9. The lowest BCUT2D eigenvalue weighted by Crippen LogP contribution is -2.41. The molecule has 0 saturated carbocycles. The molecular formula is C106H70BrN9O4. The second-order valence-corrected chi connectivity index (χ2v) is 32.4. The first kappa shape index (κ1) is 72.4. The quantitative estimate of drug-likeness (QED) is 0.139. The molecular weight excluding hydrogens is 1540 g/mol. The van der Waals surface area contributed by atoms with Gasteiger partial charge in [0.05, 0.1) is 80.2 Å². The first-order valence-electron chi connectivity index (χ1n) is 39.8. The van der Waals surface area contributed by atoms with Gasteiger partial charge in [-0.15, -0.1) is 5.23 Å². The Labute approximate surface area is 699 Å².